The van der Waals surface area contributed by atoms with Crippen LogP contribution in [0.4, 0.5) is 0 Å². The van der Waals surface area contributed by atoms with Crippen LogP contribution in [0.25, 0.3) is 22.5 Å². The maximum absolute atomic E-state index is 4.84. The molecule has 0 saturated carbocycles. The van der Waals surface area contributed by atoms with Gasteiger partial charge in [-0.1, -0.05) is 96.6 Å². The lowest BCUT2D eigenvalue weighted by molar-refractivity contribution is 0.741. The van der Waals surface area contributed by atoms with Crippen LogP contribution in [0.3, 0.4) is 0 Å². The van der Waals surface area contributed by atoms with Crippen molar-refractivity contribution in [3.8, 4) is 11.4 Å². The van der Waals surface area contributed by atoms with Crippen molar-refractivity contribution >= 4 is 27.1 Å². The van der Waals surface area contributed by atoms with Gasteiger partial charge >= 0.3 is 0 Å². The lowest BCUT2D eigenvalue weighted by Gasteiger charge is -2.18. The minimum absolute atomic E-state index is 0.350. The number of alkyl halides is 1. The highest BCUT2D eigenvalue weighted by Crippen LogP contribution is 2.30. The van der Waals surface area contributed by atoms with Gasteiger partial charge in [-0.2, -0.15) is 0 Å². The molecule has 4 heteroatoms. The summed E-state index contributed by atoms with van der Waals surface area (Å²) in [5, 5.41) is 0. The largest absolute Gasteiger partial charge is 0.209 e. The summed E-state index contributed by atoms with van der Waals surface area (Å²) in [6.45, 7) is 4.41. The monoisotopic (exact) mass is 419 g/mol. The number of allylic oxidation sites excluding steroid dienone is 8. The molecule has 0 fully saturated rings. The summed E-state index contributed by atoms with van der Waals surface area (Å²) in [5.74, 6) is 3.12. The second-order valence-corrected chi connectivity index (χ2v) is 8.27. The zero-order chi connectivity index (χ0) is 18.8. The zero-order valence-corrected chi connectivity index (χ0v) is 17.1. The third kappa shape index (κ3) is 4.01. The summed E-state index contributed by atoms with van der Waals surface area (Å²) in [6, 6.07) is 10.1. The fraction of sp³-hybridized carbons (Fsp3) is 0.261. The van der Waals surface area contributed by atoms with E-state index in [0.29, 0.717) is 16.7 Å². The molecular weight excluding hydrogens is 398 g/mol. The Morgan fingerprint density at radius 1 is 0.926 bits per heavy atom. The zero-order valence-electron chi connectivity index (χ0n) is 15.5. The van der Waals surface area contributed by atoms with Crippen LogP contribution in [0, 0.1) is 11.8 Å². The predicted molar refractivity (Wildman–Crippen MR) is 115 cm³/mol. The quantitative estimate of drug-likeness (QED) is 0.583. The van der Waals surface area contributed by atoms with E-state index in [9.17, 15) is 0 Å². The van der Waals surface area contributed by atoms with Gasteiger partial charge in [-0.25, -0.2) is 15.0 Å². The Morgan fingerprint density at radius 2 is 1.67 bits per heavy atom. The summed E-state index contributed by atoms with van der Waals surface area (Å²) in [7, 11) is 0. The van der Waals surface area contributed by atoms with Crippen LogP contribution in [-0.4, -0.2) is 19.8 Å². The van der Waals surface area contributed by atoms with E-state index in [1.807, 2.05) is 30.3 Å². The first kappa shape index (κ1) is 18.1. The van der Waals surface area contributed by atoms with Crippen molar-refractivity contribution in [2.24, 2.45) is 11.8 Å². The highest BCUT2D eigenvalue weighted by atomic mass is 79.9. The summed E-state index contributed by atoms with van der Waals surface area (Å²) in [4.78, 5) is 14.8. The van der Waals surface area contributed by atoms with Gasteiger partial charge in [-0.15, -0.1) is 0 Å². The van der Waals surface area contributed by atoms with Gasteiger partial charge in [0.15, 0.2) is 17.5 Å². The van der Waals surface area contributed by atoms with Crippen molar-refractivity contribution in [3.05, 3.63) is 78.4 Å². The van der Waals surface area contributed by atoms with Crippen LogP contribution < -0.4 is 0 Å². The van der Waals surface area contributed by atoms with Gasteiger partial charge in [0.1, 0.15) is 0 Å². The Kier molecular flexibility index (Phi) is 5.17. The van der Waals surface area contributed by atoms with E-state index >= 15 is 0 Å². The molecule has 0 radical (unpaired) electrons. The van der Waals surface area contributed by atoms with Crippen LogP contribution in [0.15, 0.2) is 66.8 Å². The maximum atomic E-state index is 4.84. The minimum atomic E-state index is 0.350. The van der Waals surface area contributed by atoms with Crippen molar-refractivity contribution in [1.82, 2.24) is 15.0 Å². The van der Waals surface area contributed by atoms with Crippen LogP contribution in [-0.2, 0) is 0 Å². The van der Waals surface area contributed by atoms with Gasteiger partial charge in [-0.3, -0.25) is 0 Å². The Morgan fingerprint density at radius 3 is 2.41 bits per heavy atom. The summed E-state index contributed by atoms with van der Waals surface area (Å²) >= 11 is 3.69. The summed E-state index contributed by atoms with van der Waals surface area (Å²) in [5.41, 5.74) is 3.23. The van der Waals surface area contributed by atoms with Gasteiger partial charge in [0, 0.05) is 16.0 Å². The Labute approximate surface area is 168 Å². The van der Waals surface area contributed by atoms with Gasteiger partial charge < -0.3 is 0 Å². The molecule has 0 N–H and O–H groups in total. The molecule has 0 bridgehead atoms. The van der Waals surface area contributed by atoms with E-state index in [-0.39, 0.29) is 0 Å². The highest BCUT2D eigenvalue weighted by molar-refractivity contribution is 9.09. The Bertz CT molecular complexity index is 957. The highest BCUT2D eigenvalue weighted by Gasteiger charge is 2.19. The first-order valence-electron chi connectivity index (χ1n) is 9.34. The molecular formula is C23H22BrN3. The van der Waals surface area contributed by atoms with E-state index in [2.05, 4.69) is 66.2 Å². The lowest BCUT2D eigenvalue weighted by atomic mass is 9.95. The molecule has 3 unspecified atom stereocenters. The topological polar surface area (TPSA) is 38.7 Å². The lowest BCUT2D eigenvalue weighted by Crippen LogP contribution is -2.12. The van der Waals surface area contributed by atoms with Crippen LogP contribution in [0.1, 0.15) is 31.9 Å². The third-order valence-corrected chi connectivity index (χ3v) is 6.04. The molecule has 2 aliphatic rings. The van der Waals surface area contributed by atoms with Crippen molar-refractivity contribution in [3.63, 3.8) is 0 Å². The first-order valence-corrected chi connectivity index (χ1v) is 10.3. The van der Waals surface area contributed by atoms with Gasteiger partial charge in [0.05, 0.1) is 0 Å². The van der Waals surface area contributed by atoms with Crippen LogP contribution in [0.5, 0.6) is 0 Å². The number of aromatic nitrogens is 3. The first-order chi connectivity index (χ1) is 13.1. The summed E-state index contributed by atoms with van der Waals surface area (Å²) < 4.78 is 0. The van der Waals surface area contributed by atoms with Crippen LogP contribution in [0.2, 0.25) is 0 Å². The number of benzene rings is 1. The third-order valence-electron chi connectivity index (χ3n) is 4.90. The average molecular weight is 420 g/mol. The second kappa shape index (κ2) is 7.73. The molecule has 2 aliphatic carbocycles. The van der Waals surface area contributed by atoms with Crippen molar-refractivity contribution in [2.45, 2.75) is 25.1 Å². The molecule has 27 heavy (non-hydrogen) atoms. The number of nitrogens with zero attached hydrogens (tertiary/aromatic N) is 3. The van der Waals surface area contributed by atoms with E-state index in [0.717, 1.165) is 40.6 Å². The normalized spacial score (nSPS) is 24.5. The molecule has 136 valence electrons. The SMILES string of the molecule is CC1C=CC=C(c2nc(C3=CC(C)C(Br)C=C3)nc(-c3ccccc3)n2)C1. The number of hydrogen-bond donors (Lipinski definition) is 0. The molecule has 1 heterocycles. The van der Waals surface area contributed by atoms with Gasteiger partial charge in [-0.05, 0) is 23.8 Å². The minimum Gasteiger partial charge on any atom is -0.209 e. The molecule has 1 aromatic carbocycles. The average Bonchev–Trinajstić information content (AvgIpc) is 2.70. The molecule has 3 atom stereocenters. The molecule has 4 rings (SSSR count). The molecule has 0 amide bonds. The number of halogens is 1. The van der Waals surface area contributed by atoms with E-state index in [1.165, 1.54) is 0 Å². The second-order valence-electron chi connectivity index (χ2n) is 7.22. The fourth-order valence-corrected chi connectivity index (χ4v) is 3.63. The van der Waals surface area contributed by atoms with E-state index < -0.39 is 0 Å². The molecule has 3 nitrogen and oxygen atoms in total. The van der Waals surface area contributed by atoms with Crippen molar-refractivity contribution < 1.29 is 0 Å². The Hall–Kier alpha value is -2.33. The number of rotatable bonds is 3. The van der Waals surface area contributed by atoms with Crippen LogP contribution >= 0.6 is 15.9 Å². The fourth-order valence-electron chi connectivity index (χ4n) is 3.33. The predicted octanol–water partition coefficient (Wildman–Crippen LogP) is 5.87. The van der Waals surface area contributed by atoms with E-state index in [1.54, 1.807) is 0 Å². The molecule has 2 aromatic rings. The molecule has 0 saturated heterocycles. The number of hydrogen-bond acceptors (Lipinski definition) is 3. The summed E-state index contributed by atoms with van der Waals surface area (Å²) in [6.07, 6.45) is 13.9. The van der Waals surface area contributed by atoms with E-state index in [4.69, 9.17) is 15.0 Å². The molecule has 1 aromatic heterocycles. The standard InChI is InChI=1S/C23H22BrN3/c1-15-7-6-10-18(13-15)22-25-21(17-8-4-3-5-9-17)26-23(27-22)19-11-12-20(24)16(2)14-19/h3-12,14-16,20H,13H2,1-2H3. The molecule has 0 aliphatic heterocycles. The van der Waals surface area contributed by atoms with Crippen molar-refractivity contribution in [2.75, 3.05) is 0 Å². The molecule has 0 spiro atoms. The maximum Gasteiger partial charge on any atom is 0.164 e. The van der Waals surface area contributed by atoms with Gasteiger partial charge in [0.25, 0.3) is 0 Å². The van der Waals surface area contributed by atoms with Crippen molar-refractivity contribution in [1.29, 1.82) is 0 Å². The smallest absolute Gasteiger partial charge is 0.164 e. The Balaban J connectivity index is 1.83. The van der Waals surface area contributed by atoms with Gasteiger partial charge in [0.2, 0.25) is 0 Å².